The molecule has 1 fully saturated rings. The van der Waals surface area contributed by atoms with Crippen LogP contribution < -0.4 is 11.1 Å². The number of amides is 2. The van der Waals surface area contributed by atoms with Crippen LogP contribution in [0, 0.1) is 5.82 Å². The van der Waals surface area contributed by atoms with Crippen molar-refractivity contribution in [3.63, 3.8) is 0 Å². The maximum Gasteiger partial charge on any atom is 0.335 e. The number of carboxylic acid groups (broad SMARTS) is 1. The average Bonchev–Trinajstić information content (AvgIpc) is 3.61. The number of fused-ring (bicyclic) bond motifs is 1. The van der Waals surface area contributed by atoms with Crippen molar-refractivity contribution in [1.82, 2.24) is 20.0 Å². The normalized spacial score (nSPS) is 13.9. The van der Waals surface area contributed by atoms with Crippen LogP contribution in [0.5, 0.6) is 0 Å². The maximum absolute atomic E-state index is 14.1. The molecule has 2 aromatic carbocycles. The van der Waals surface area contributed by atoms with Gasteiger partial charge in [0.05, 0.1) is 16.1 Å². The number of primary amides is 1. The second-order valence-electron chi connectivity index (χ2n) is 8.49. The van der Waals surface area contributed by atoms with Gasteiger partial charge in [-0.15, -0.1) is 0 Å². The minimum atomic E-state index is -1.19. The van der Waals surface area contributed by atoms with Gasteiger partial charge in [0.1, 0.15) is 24.7 Å². The summed E-state index contributed by atoms with van der Waals surface area (Å²) in [6.45, 7) is -0.0902. The number of nitrogens with one attached hydrogen (secondary N) is 1. The number of rotatable bonds is 11. The Labute approximate surface area is 209 Å². The van der Waals surface area contributed by atoms with Gasteiger partial charge in [0.15, 0.2) is 5.69 Å². The number of carbonyl (C=O) groups is 4. The Hall–Kier alpha value is -3.83. The van der Waals surface area contributed by atoms with Crippen molar-refractivity contribution in [3.8, 4) is 0 Å². The smallest absolute Gasteiger partial charge is 0.335 e. The highest BCUT2D eigenvalue weighted by atomic mass is 35.5. The Morgan fingerprint density at radius 3 is 2.69 bits per heavy atom. The minimum Gasteiger partial charge on any atom is -0.478 e. The Morgan fingerprint density at radius 1 is 1.31 bits per heavy atom. The lowest BCUT2D eigenvalue weighted by atomic mass is 10.1. The van der Waals surface area contributed by atoms with Crippen molar-refractivity contribution < 1.29 is 28.7 Å². The third-order valence-electron chi connectivity index (χ3n) is 5.96. The number of aldehydes is 1. The molecule has 3 aromatic rings. The molecule has 1 heterocycles. The molecule has 12 heteroatoms. The number of hydrogen-bond acceptors (Lipinski definition) is 6. The highest BCUT2D eigenvalue weighted by Crippen LogP contribution is 2.29. The third kappa shape index (κ3) is 5.21. The van der Waals surface area contributed by atoms with Crippen LogP contribution in [0.2, 0.25) is 5.02 Å². The molecule has 36 heavy (non-hydrogen) atoms. The largest absolute Gasteiger partial charge is 0.478 e. The Balaban J connectivity index is 1.53. The van der Waals surface area contributed by atoms with Crippen LogP contribution in [0.25, 0.3) is 10.9 Å². The van der Waals surface area contributed by atoms with E-state index < -0.39 is 29.6 Å². The number of hydrogen-bond donors (Lipinski definition) is 3. The molecule has 0 spiro atoms. The van der Waals surface area contributed by atoms with Crippen molar-refractivity contribution in [2.45, 2.75) is 38.0 Å². The van der Waals surface area contributed by atoms with Gasteiger partial charge in [0.2, 0.25) is 5.91 Å². The number of aromatic nitrogens is 2. The van der Waals surface area contributed by atoms with Gasteiger partial charge in [-0.2, -0.15) is 5.10 Å². The summed E-state index contributed by atoms with van der Waals surface area (Å²) in [5.41, 5.74) is 5.89. The number of halogens is 2. The van der Waals surface area contributed by atoms with Gasteiger partial charge in [0, 0.05) is 30.1 Å². The van der Waals surface area contributed by atoms with E-state index in [9.17, 15) is 28.7 Å². The summed E-state index contributed by atoms with van der Waals surface area (Å²) in [5, 5.41) is 16.6. The molecule has 4 rings (SSSR count). The molecule has 1 saturated carbocycles. The lowest BCUT2D eigenvalue weighted by Gasteiger charge is -2.28. The zero-order chi connectivity index (χ0) is 26.0. The predicted molar refractivity (Wildman–Crippen MR) is 128 cm³/mol. The van der Waals surface area contributed by atoms with E-state index in [-0.39, 0.29) is 47.3 Å². The second-order valence-corrected chi connectivity index (χ2v) is 8.89. The summed E-state index contributed by atoms with van der Waals surface area (Å²) in [6, 6.07) is 7.74. The molecule has 4 N–H and O–H groups in total. The van der Waals surface area contributed by atoms with Crippen molar-refractivity contribution in [1.29, 1.82) is 0 Å². The van der Waals surface area contributed by atoms with E-state index in [2.05, 4.69) is 10.4 Å². The zero-order valence-electron chi connectivity index (χ0n) is 19.0. The summed E-state index contributed by atoms with van der Waals surface area (Å²) in [6.07, 6.45) is 2.12. The van der Waals surface area contributed by atoms with Crippen LogP contribution in [0.1, 0.15) is 39.3 Å². The lowest BCUT2D eigenvalue weighted by molar-refractivity contribution is -0.137. The molecule has 188 valence electrons. The Kier molecular flexibility index (Phi) is 7.32. The number of carboxylic acids is 1. The minimum absolute atomic E-state index is 0.00623. The van der Waals surface area contributed by atoms with Gasteiger partial charge in [-0.1, -0.05) is 23.7 Å². The molecule has 2 amide bonds. The Morgan fingerprint density at radius 2 is 2.06 bits per heavy atom. The van der Waals surface area contributed by atoms with E-state index in [1.54, 1.807) is 12.1 Å². The number of nitrogens with zero attached hydrogens (tertiary/aromatic N) is 3. The molecule has 1 atom stereocenters. The van der Waals surface area contributed by atoms with Crippen LogP contribution in [-0.2, 0) is 22.7 Å². The first kappa shape index (κ1) is 25.3. The van der Waals surface area contributed by atoms with E-state index in [1.807, 2.05) is 0 Å². The summed E-state index contributed by atoms with van der Waals surface area (Å²) >= 11 is 5.81. The summed E-state index contributed by atoms with van der Waals surface area (Å²) < 4.78 is 15.4. The topological polar surface area (TPSA) is 148 Å². The van der Waals surface area contributed by atoms with Crippen LogP contribution in [0.3, 0.4) is 0 Å². The fourth-order valence-electron chi connectivity index (χ4n) is 4.09. The lowest BCUT2D eigenvalue weighted by Crippen LogP contribution is -2.49. The van der Waals surface area contributed by atoms with E-state index in [0.29, 0.717) is 17.4 Å². The van der Waals surface area contributed by atoms with E-state index in [4.69, 9.17) is 17.3 Å². The number of nitrogens with two attached hydrogens (primary N) is 1. The molecule has 0 radical (unpaired) electrons. The molecule has 1 unspecified atom stereocenters. The predicted octanol–water partition coefficient (Wildman–Crippen LogP) is 1.97. The molecule has 1 aliphatic rings. The SMILES string of the molecule is NC(=O)c1nn(CC(=O)N(C(C=O)CNCc2cccc(Cl)c2F)C2CC2)c2ccc(C(=O)O)cc12. The van der Waals surface area contributed by atoms with Crippen LogP contribution in [0.4, 0.5) is 4.39 Å². The third-order valence-corrected chi connectivity index (χ3v) is 6.25. The number of carbonyl (C=O) groups excluding carboxylic acids is 3. The van der Waals surface area contributed by atoms with Crippen LogP contribution in [-0.4, -0.2) is 62.5 Å². The van der Waals surface area contributed by atoms with Gasteiger partial charge < -0.3 is 25.9 Å². The van der Waals surface area contributed by atoms with Crippen molar-refractivity contribution in [2.75, 3.05) is 6.54 Å². The average molecular weight is 516 g/mol. The van der Waals surface area contributed by atoms with E-state index in [0.717, 1.165) is 12.8 Å². The molecular formula is C24H23ClFN5O5. The molecule has 0 bridgehead atoms. The fraction of sp³-hybridized carbons (Fsp3) is 0.292. The van der Waals surface area contributed by atoms with Crippen molar-refractivity contribution >= 4 is 46.6 Å². The highest BCUT2D eigenvalue weighted by Gasteiger charge is 2.37. The maximum atomic E-state index is 14.1. The molecule has 1 aromatic heterocycles. The van der Waals surface area contributed by atoms with Crippen LogP contribution >= 0.6 is 11.6 Å². The van der Waals surface area contributed by atoms with Crippen LogP contribution in [0.15, 0.2) is 36.4 Å². The molecule has 10 nitrogen and oxygen atoms in total. The number of aromatic carboxylic acids is 1. The van der Waals surface area contributed by atoms with E-state index >= 15 is 0 Å². The quantitative estimate of drug-likeness (QED) is 0.331. The first-order valence-electron chi connectivity index (χ1n) is 11.1. The van der Waals surface area contributed by atoms with E-state index in [1.165, 1.54) is 33.8 Å². The molecular weight excluding hydrogens is 493 g/mol. The first-order chi connectivity index (χ1) is 17.2. The van der Waals surface area contributed by atoms with Gasteiger partial charge >= 0.3 is 5.97 Å². The van der Waals surface area contributed by atoms with Gasteiger partial charge in [-0.25, -0.2) is 9.18 Å². The summed E-state index contributed by atoms with van der Waals surface area (Å²) in [5.74, 6) is -3.01. The highest BCUT2D eigenvalue weighted by molar-refractivity contribution is 6.30. The number of benzene rings is 2. The monoisotopic (exact) mass is 515 g/mol. The molecule has 0 saturated heterocycles. The van der Waals surface area contributed by atoms with Gasteiger partial charge in [-0.3, -0.25) is 14.3 Å². The standard InChI is InChI=1S/C24H23ClFN5O5/c25-18-3-1-2-14(21(18)26)9-28-10-16(12-32)31(15-5-6-15)20(33)11-30-19-7-4-13(24(35)36)8-17(19)22(29-30)23(27)34/h1-4,7-8,12,15-16,28H,5-6,9-11H2,(H2,27,34)(H,35,36). The van der Waals surface area contributed by atoms with Crippen molar-refractivity contribution in [2.24, 2.45) is 5.73 Å². The molecule has 0 aliphatic heterocycles. The first-order valence-corrected chi connectivity index (χ1v) is 11.5. The summed E-state index contributed by atoms with van der Waals surface area (Å²) in [7, 11) is 0. The fourth-order valence-corrected chi connectivity index (χ4v) is 4.28. The molecule has 1 aliphatic carbocycles. The zero-order valence-corrected chi connectivity index (χ0v) is 19.7. The van der Waals surface area contributed by atoms with Crippen molar-refractivity contribution in [3.05, 3.63) is 64.1 Å². The Bertz CT molecular complexity index is 1360. The van der Waals surface area contributed by atoms with Gasteiger partial charge in [-0.05, 0) is 37.1 Å². The summed E-state index contributed by atoms with van der Waals surface area (Å²) in [4.78, 5) is 49.9. The van der Waals surface area contributed by atoms with Gasteiger partial charge in [0.25, 0.3) is 5.91 Å². The second kappa shape index (κ2) is 10.4.